The minimum atomic E-state index is 0.319. The molecule has 88 valence electrons. The smallest absolute Gasteiger partial charge is 0.122 e. The third-order valence-electron chi connectivity index (χ3n) is 2.75. The van der Waals surface area contributed by atoms with Crippen molar-refractivity contribution in [2.45, 2.75) is 11.2 Å². The van der Waals surface area contributed by atoms with Crippen molar-refractivity contribution >= 4 is 15.9 Å². The number of hydrogen-bond acceptors (Lipinski definition) is 1. The van der Waals surface area contributed by atoms with Gasteiger partial charge in [0.25, 0.3) is 0 Å². The average molecular weight is 291 g/mol. The van der Waals surface area contributed by atoms with Crippen LogP contribution in [0.3, 0.4) is 0 Å². The van der Waals surface area contributed by atoms with Crippen molar-refractivity contribution in [1.82, 2.24) is 0 Å². The Labute approximate surface area is 111 Å². The van der Waals surface area contributed by atoms with Gasteiger partial charge < -0.3 is 4.74 Å². The Balaban J connectivity index is 2.16. The van der Waals surface area contributed by atoms with Crippen LogP contribution < -0.4 is 4.74 Å². The molecule has 0 heterocycles. The van der Waals surface area contributed by atoms with Crippen LogP contribution in [0, 0.1) is 0 Å². The molecule has 0 spiro atoms. The Morgan fingerprint density at radius 2 is 1.65 bits per heavy atom. The molecule has 0 aliphatic heterocycles. The summed E-state index contributed by atoms with van der Waals surface area (Å²) in [5.41, 5.74) is 2.51. The zero-order valence-corrected chi connectivity index (χ0v) is 11.4. The topological polar surface area (TPSA) is 9.23 Å². The molecule has 1 atom stereocenters. The maximum absolute atomic E-state index is 5.36. The molecule has 2 aromatic rings. The van der Waals surface area contributed by atoms with E-state index in [1.54, 1.807) is 7.11 Å². The van der Waals surface area contributed by atoms with E-state index in [0.717, 1.165) is 12.2 Å². The molecule has 0 aliphatic rings. The second-order valence-corrected chi connectivity index (χ2v) is 5.00. The van der Waals surface area contributed by atoms with Crippen LogP contribution in [0.2, 0.25) is 0 Å². The number of rotatable bonds is 4. The molecule has 1 nitrogen and oxygen atoms in total. The van der Waals surface area contributed by atoms with E-state index in [4.69, 9.17) is 4.74 Å². The van der Waals surface area contributed by atoms with Crippen LogP contribution in [0.4, 0.5) is 0 Å². The Bertz CT molecular complexity index is 467. The average Bonchev–Trinajstić information content (AvgIpc) is 2.40. The Kier molecular flexibility index (Phi) is 4.21. The molecule has 0 amide bonds. The normalized spacial score (nSPS) is 12.1. The van der Waals surface area contributed by atoms with Gasteiger partial charge in [0.05, 0.1) is 7.11 Å². The maximum Gasteiger partial charge on any atom is 0.122 e. The molecule has 1 unspecified atom stereocenters. The second-order valence-electron chi connectivity index (χ2n) is 3.89. The van der Waals surface area contributed by atoms with Gasteiger partial charge in [0.1, 0.15) is 5.75 Å². The number of hydrogen-bond donors (Lipinski definition) is 0. The van der Waals surface area contributed by atoms with Crippen molar-refractivity contribution in [3.63, 3.8) is 0 Å². The molecule has 0 saturated heterocycles. The number of alkyl halides is 1. The molecule has 2 rings (SSSR count). The van der Waals surface area contributed by atoms with Crippen molar-refractivity contribution < 1.29 is 4.74 Å². The van der Waals surface area contributed by atoms with E-state index in [9.17, 15) is 0 Å². The monoisotopic (exact) mass is 290 g/mol. The summed E-state index contributed by atoms with van der Waals surface area (Å²) < 4.78 is 5.36. The van der Waals surface area contributed by atoms with Gasteiger partial charge in [0.2, 0.25) is 0 Å². The first-order valence-electron chi connectivity index (χ1n) is 5.62. The molecule has 0 radical (unpaired) electrons. The molecule has 0 fully saturated rings. The van der Waals surface area contributed by atoms with Gasteiger partial charge in [-0.3, -0.25) is 0 Å². The molecular formula is C15H15BrO. The SMILES string of the molecule is COc1ccccc1CC(Br)c1ccccc1. The number of ether oxygens (including phenoxy) is 1. The maximum atomic E-state index is 5.36. The number of benzene rings is 2. The van der Waals surface area contributed by atoms with Gasteiger partial charge in [-0.05, 0) is 23.6 Å². The largest absolute Gasteiger partial charge is 0.496 e. The predicted molar refractivity (Wildman–Crippen MR) is 74.8 cm³/mol. The lowest BCUT2D eigenvalue weighted by molar-refractivity contribution is 0.409. The Hall–Kier alpha value is -1.28. The Morgan fingerprint density at radius 3 is 2.35 bits per heavy atom. The van der Waals surface area contributed by atoms with E-state index >= 15 is 0 Å². The fourth-order valence-electron chi connectivity index (χ4n) is 1.84. The van der Waals surface area contributed by atoms with E-state index in [0.29, 0.717) is 4.83 Å². The van der Waals surface area contributed by atoms with Crippen LogP contribution in [-0.2, 0) is 6.42 Å². The molecule has 0 saturated carbocycles. The van der Waals surface area contributed by atoms with E-state index in [-0.39, 0.29) is 0 Å². The molecule has 0 aliphatic carbocycles. The van der Waals surface area contributed by atoms with Crippen molar-refractivity contribution in [3.05, 3.63) is 65.7 Å². The first kappa shape index (κ1) is 12.2. The molecule has 2 heteroatoms. The molecule has 0 N–H and O–H groups in total. The van der Waals surface area contributed by atoms with E-state index in [1.807, 2.05) is 24.3 Å². The van der Waals surface area contributed by atoms with E-state index in [1.165, 1.54) is 11.1 Å². The van der Waals surface area contributed by atoms with Crippen molar-refractivity contribution in [1.29, 1.82) is 0 Å². The first-order chi connectivity index (χ1) is 8.31. The summed E-state index contributed by atoms with van der Waals surface area (Å²) in [5, 5.41) is 0. The van der Waals surface area contributed by atoms with Crippen LogP contribution >= 0.6 is 15.9 Å². The minimum absolute atomic E-state index is 0.319. The summed E-state index contributed by atoms with van der Waals surface area (Å²) >= 11 is 3.73. The highest BCUT2D eigenvalue weighted by molar-refractivity contribution is 9.09. The van der Waals surface area contributed by atoms with Crippen LogP contribution in [0.15, 0.2) is 54.6 Å². The lowest BCUT2D eigenvalue weighted by Gasteiger charge is -2.13. The third kappa shape index (κ3) is 3.10. The standard InChI is InChI=1S/C15H15BrO/c1-17-15-10-6-5-9-13(15)11-14(16)12-7-3-2-4-8-12/h2-10,14H,11H2,1H3. The summed E-state index contributed by atoms with van der Waals surface area (Å²) in [5.74, 6) is 0.952. The van der Waals surface area contributed by atoms with Crippen molar-refractivity contribution in [2.24, 2.45) is 0 Å². The van der Waals surface area contributed by atoms with Gasteiger partial charge in [0, 0.05) is 4.83 Å². The highest BCUT2D eigenvalue weighted by Gasteiger charge is 2.10. The van der Waals surface area contributed by atoms with Gasteiger partial charge >= 0.3 is 0 Å². The highest BCUT2D eigenvalue weighted by Crippen LogP contribution is 2.30. The summed E-state index contributed by atoms with van der Waals surface area (Å²) in [7, 11) is 1.71. The molecular weight excluding hydrogens is 276 g/mol. The zero-order valence-electron chi connectivity index (χ0n) is 9.77. The number of halogens is 1. The highest BCUT2D eigenvalue weighted by atomic mass is 79.9. The van der Waals surface area contributed by atoms with Crippen LogP contribution in [0.1, 0.15) is 16.0 Å². The lowest BCUT2D eigenvalue weighted by Crippen LogP contribution is -1.97. The fraction of sp³-hybridized carbons (Fsp3) is 0.200. The summed E-state index contributed by atoms with van der Waals surface area (Å²) in [4.78, 5) is 0.319. The zero-order chi connectivity index (χ0) is 12.1. The second kappa shape index (κ2) is 5.87. The third-order valence-corrected chi connectivity index (χ3v) is 3.61. The number of methoxy groups -OCH3 is 1. The molecule has 0 bridgehead atoms. The predicted octanol–water partition coefficient (Wildman–Crippen LogP) is 4.37. The summed E-state index contributed by atoms with van der Waals surface area (Å²) in [6.45, 7) is 0. The van der Waals surface area contributed by atoms with Gasteiger partial charge in [-0.25, -0.2) is 0 Å². The fourth-order valence-corrected chi connectivity index (χ4v) is 2.50. The van der Waals surface area contributed by atoms with Crippen molar-refractivity contribution in [3.8, 4) is 5.75 Å². The van der Waals surface area contributed by atoms with E-state index in [2.05, 4.69) is 46.3 Å². The van der Waals surface area contributed by atoms with Crippen LogP contribution in [-0.4, -0.2) is 7.11 Å². The minimum Gasteiger partial charge on any atom is -0.496 e. The molecule has 2 aromatic carbocycles. The van der Waals surface area contributed by atoms with Crippen LogP contribution in [0.5, 0.6) is 5.75 Å². The van der Waals surface area contributed by atoms with Gasteiger partial charge in [-0.15, -0.1) is 0 Å². The molecule has 17 heavy (non-hydrogen) atoms. The summed E-state index contributed by atoms with van der Waals surface area (Å²) in [6.07, 6.45) is 0.925. The van der Waals surface area contributed by atoms with E-state index < -0.39 is 0 Å². The molecule has 0 aromatic heterocycles. The van der Waals surface area contributed by atoms with Gasteiger partial charge in [-0.2, -0.15) is 0 Å². The Morgan fingerprint density at radius 1 is 1.00 bits per heavy atom. The quantitative estimate of drug-likeness (QED) is 0.760. The van der Waals surface area contributed by atoms with Gasteiger partial charge in [0.15, 0.2) is 0 Å². The van der Waals surface area contributed by atoms with Crippen LogP contribution in [0.25, 0.3) is 0 Å². The lowest BCUT2D eigenvalue weighted by atomic mass is 10.0. The summed E-state index contributed by atoms with van der Waals surface area (Å²) in [6, 6.07) is 18.6. The van der Waals surface area contributed by atoms with Crippen molar-refractivity contribution in [2.75, 3.05) is 7.11 Å². The van der Waals surface area contributed by atoms with Gasteiger partial charge in [-0.1, -0.05) is 64.5 Å². The number of para-hydroxylation sites is 1. The first-order valence-corrected chi connectivity index (χ1v) is 6.53.